The average molecular weight is 340 g/mol. The van der Waals surface area contributed by atoms with Gasteiger partial charge in [0.25, 0.3) is 0 Å². The lowest BCUT2D eigenvalue weighted by molar-refractivity contribution is -0.133. The van der Waals surface area contributed by atoms with Gasteiger partial charge in [0.05, 0.1) is 0 Å². The zero-order valence-corrected chi connectivity index (χ0v) is 15.2. The van der Waals surface area contributed by atoms with E-state index in [0.29, 0.717) is 5.92 Å². The van der Waals surface area contributed by atoms with Crippen LogP contribution < -0.4 is 5.32 Å². The largest absolute Gasteiger partial charge is 0.342 e. The first-order valence-electron chi connectivity index (χ1n) is 9.32. The van der Waals surface area contributed by atoms with E-state index >= 15 is 0 Å². The van der Waals surface area contributed by atoms with Crippen LogP contribution in [-0.2, 0) is 11.3 Å². The Balaban J connectivity index is 1.76. The Morgan fingerprint density at radius 1 is 1.32 bits per heavy atom. The SMILES string of the molecule is CCN(CC)C(=O)[C@@H](NC[C@H]1CCCn2ccnc21)c1ccccc1. The van der Waals surface area contributed by atoms with E-state index in [1.54, 1.807) is 0 Å². The highest BCUT2D eigenvalue weighted by Gasteiger charge is 2.27. The van der Waals surface area contributed by atoms with Crippen molar-refractivity contribution in [1.29, 1.82) is 0 Å². The second kappa shape index (κ2) is 8.30. The minimum atomic E-state index is -0.300. The van der Waals surface area contributed by atoms with Crippen molar-refractivity contribution in [1.82, 2.24) is 19.8 Å². The molecule has 1 aliphatic heterocycles. The van der Waals surface area contributed by atoms with Crippen LogP contribution >= 0.6 is 0 Å². The van der Waals surface area contributed by atoms with Gasteiger partial charge in [0.2, 0.25) is 5.91 Å². The Kier molecular flexibility index (Phi) is 5.87. The summed E-state index contributed by atoms with van der Waals surface area (Å²) in [5.41, 5.74) is 1.03. The predicted octanol–water partition coefficient (Wildman–Crippen LogP) is 2.96. The Morgan fingerprint density at radius 2 is 2.08 bits per heavy atom. The number of nitrogens with zero attached hydrogens (tertiary/aromatic N) is 3. The van der Waals surface area contributed by atoms with Crippen LogP contribution in [0.25, 0.3) is 0 Å². The van der Waals surface area contributed by atoms with Crippen LogP contribution in [0.2, 0.25) is 0 Å². The third-order valence-electron chi connectivity index (χ3n) is 5.09. The van der Waals surface area contributed by atoms with Crippen molar-refractivity contribution in [2.24, 2.45) is 0 Å². The number of nitrogens with one attached hydrogen (secondary N) is 1. The topological polar surface area (TPSA) is 50.2 Å². The summed E-state index contributed by atoms with van der Waals surface area (Å²) >= 11 is 0. The van der Waals surface area contributed by atoms with Crippen LogP contribution in [-0.4, -0.2) is 40.0 Å². The highest BCUT2D eigenvalue weighted by molar-refractivity contribution is 5.83. The number of fused-ring (bicyclic) bond motifs is 1. The summed E-state index contributed by atoms with van der Waals surface area (Å²) in [5.74, 6) is 1.65. The van der Waals surface area contributed by atoms with Gasteiger partial charge in [-0.05, 0) is 32.3 Å². The highest BCUT2D eigenvalue weighted by atomic mass is 16.2. The molecule has 0 spiro atoms. The van der Waals surface area contributed by atoms with E-state index < -0.39 is 0 Å². The molecule has 1 N–H and O–H groups in total. The zero-order chi connectivity index (χ0) is 17.6. The number of amides is 1. The second-order valence-electron chi connectivity index (χ2n) is 6.58. The lowest BCUT2D eigenvalue weighted by atomic mass is 9.97. The molecule has 2 heterocycles. The van der Waals surface area contributed by atoms with Crippen LogP contribution in [0.4, 0.5) is 0 Å². The van der Waals surface area contributed by atoms with E-state index in [2.05, 4.69) is 21.1 Å². The molecule has 0 radical (unpaired) electrons. The molecule has 0 saturated heterocycles. The standard InChI is InChI=1S/C20H28N4O/c1-3-23(4-2)20(25)18(16-9-6-5-7-10-16)22-15-17-11-8-13-24-14-12-21-19(17)24/h5-7,9-10,12,14,17-18,22H,3-4,8,11,13,15H2,1-2H3/t17-,18+/m1/s1. The molecule has 1 aromatic carbocycles. The number of benzene rings is 1. The van der Waals surface area contributed by atoms with Gasteiger partial charge in [0.1, 0.15) is 11.9 Å². The summed E-state index contributed by atoms with van der Waals surface area (Å²) in [6.45, 7) is 7.33. The summed E-state index contributed by atoms with van der Waals surface area (Å²) in [6, 6.07) is 9.73. The van der Waals surface area contributed by atoms with Crippen molar-refractivity contribution < 1.29 is 4.79 Å². The van der Waals surface area contributed by atoms with Gasteiger partial charge >= 0.3 is 0 Å². The molecule has 5 heteroatoms. The van der Waals surface area contributed by atoms with Crippen molar-refractivity contribution in [3.8, 4) is 0 Å². The van der Waals surface area contributed by atoms with Gasteiger partial charge in [0.15, 0.2) is 0 Å². The lowest BCUT2D eigenvalue weighted by Gasteiger charge is -2.29. The van der Waals surface area contributed by atoms with E-state index in [1.165, 1.54) is 0 Å². The molecule has 1 aromatic heterocycles. The minimum absolute atomic E-state index is 0.148. The third-order valence-corrected chi connectivity index (χ3v) is 5.09. The molecule has 2 aromatic rings. The molecule has 0 aliphatic carbocycles. The molecule has 134 valence electrons. The summed E-state index contributed by atoms with van der Waals surface area (Å²) in [5, 5.41) is 3.54. The first-order valence-corrected chi connectivity index (χ1v) is 9.32. The fourth-order valence-corrected chi connectivity index (χ4v) is 3.67. The number of aryl methyl sites for hydroxylation is 1. The van der Waals surface area contributed by atoms with E-state index in [4.69, 9.17) is 0 Å². The molecule has 0 unspecified atom stereocenters. The van der Waals surface area contributed by atoms with Gasteiger partial charge in [0, 0.05) is 44.5 Å². The maximum atomic E-state index is 13.0. The van der Waals surface area contributed by atoms with Gasteiger partial charge in [-0.15, -0.1) is 0 Å². The summed E-state index contributed by atoms with van der Waals surface area (Å²) in [4.78, 5) is 19.4. The van der Waals surface area contributed by atoms with Crippen LogP contribution in [0.15, 0.2) is 42.7 Å². The Labute approximate surface area is 150 Å². The first kappa shape index (κ1) is 17.7. The smallest absolute Gasteiger partial charge is 0.244 e. The summed E-state index contributed by atoms with van der Waals surface area (Å²) in [7, 11) is 0. The molecule has 1 amide bonds. The highest BCUT2D eigenvalue weighted by Crippen LogP contribution is 2.26. The van der Waals surface area contributed by atoms with Crippen LogP contribution in [0.1, 0.15) is 50.0 Å². The molecule has 2 atom stereocenters. The van der Waals surface area contributed by atoms with Crippen molar-refractivity contribution in [2.75, 3.05) is 19.6 Å². The minimum Gasteiger partial charge on any atom is -0.342 e. The number of aromatic nitrogens is 2. The lowest BCUT2D eigenvalue weighted by Crippen LogP contribution is -2.42. The third kappa shape index (κ3) is 3.93. The zero-order valence-electron chi connectivity index (χ0n) is 15.2. The fraction of sp³-hybridized carbons (Fsp3) is 0.500. The number of carbonyl (C=O) groups is 1. The quantitative estimate of drug-likeness (QED) is 0.843. The molecule has 1 aliphatic rings. The van der Waals surface area contributed by atoms with Gasteiger partial charge in [-0.2, -0.15) is 0 Å². The molecule has 3 rings (SSSR count). The molecular formula is C20H28N4O. The van der Waals surface area contributed by atoms with E-state index in [0.717, 1.165) is 50.4 Å². The van der Waals surface area contributed by atoms with Gasteiger partial charge < -0.3 is 14.8 Å². The Morgan fingerprint density at radius 3 is 2.80 bits per heavy atom. The molecule has 0 saturated carbocycles. The number of carbonyl (C=O) groups excluding carboxylic acids is 1. The molecule has 0 fully saturated rings. The fourth-order valence-electron chi connectivity index (χ4n) is 3.67. The number of likely N-dealkylation sites (N-methyl/N-ethyl adjacent to an activating group) is 1. The van der Waals surface area contributed by atoms with E-state index in [1.807, 2.05) is 55.3 Å². The van der Waals surface area contributed by atoms with Crippen molar-refractivity contribution in [2.45, 2.75) is 45.2 Å². The summed E-state index contributed by atoms with van der Waals surface area (Å²) < 4.78 is 2.24. The van der Waals surface area contributed by atoms with Crippen molar-refractivity contribution in [3.63, 3.8) is 0 Å². The maximum Gasteiger partial charge on any atom is 0.244 e. The van der Waals surface area contributed by atoms with Crippen LogP contribution in [0, 0.1) is 0 Å². The van der Waals surface area contributed by atoms with E-state index in [9.17, 15) is 4.79 Å². The predicted molar refractivity (Wildman–Crippen MR) is 99.3 cm³/mol. The molecule has 25 heavy (non-hydrogen) atoms. The normalized spacial score (nSPS) is 17.8. The molecular weight excluding hydrogens is 312 g/mol. The molecule has 5 nitrogen and oxygen atoms in total. The van der Waals surface area contributed by atoms with Crippen molar-refractivity contribution >= 4 is 5.91 Å². The van der Waals surface area contributed by atoms with Gasteiger partial charge in [-0.25, -0.2) is 4.98 Å². The monoisotopic (exact) mass is 340 g/mol. The second-order valence-corrected chi connectivity index (χ2v) is 6.58. The number of imidazole rings is 1. The molecule has 0 bridgehead atoms. The average Bonchev–Trinajstić information content (AvgIpc) is 3.13. The first-order chi connectivity index (χ1) is 12.2. The van der Waals surface area contributed by atoms with Crippen LogP contribution in [0.5, 0.6) is 0 Å². The Hall–Kier alpha value is -2.14. The number of rotatable bonds is 7. The van der Waals surface area contributed by atoms with Gasteiger partial charge in [-0.3, -0.25) is 4.79 Å². The van der Waals surface area contributed by atoms with E-state index in [-0.39, 0.29) is 11.9 Å². The summed E-state index contributed by atoms with van der Waals surface area (Å²) in [6.07, 6.45) is 6.21. The maximum absolute atomic E-state index is 13.0. The van der Waals surface area contributed by atoms with Gasteiger partial charge in [-0.1, -0.05) is 30.3 Å². The Bertz CT molecular complexity index is 678. The number of hydrogen-bond acceptors (Lipinski definition) is 3. The van der Waals surface area contributed by atoms with Crippen molar-refractivity contribution in [3.05, 3.63) is 54.1 Å². The van der Waals surface area contributed by atoms with Crippen LogP contribution in [0.3, 0.4) is 0 Å². The number of hydrogen-bond donors (Lipinski definition) is 1.